The van der Waals surface area contributed by atoms with Crippen LogP contribution in [-0.4, -0.2) is 114 Å². The number of morpholine rings is 1. The summed E-state index contributed by atoms with van der Waals surface area (Å²) in [5, 5.41) is 4.90. The predicted octanol–water partition coefficient (Wildman–Crippen LogP) is 6.71. The molecule has 1 N–H and O–H groups in total. The van der Waals surface area contributed by atoms with Crippen LogP contribution in [0.25, 0.3) is 0 Å². The molecule has 4 aromatic rings. The van der Waals surface area contributed by atoms with Gasteiger partial charge in [-0.1, -0.05) is 93.6 Å². The molecule has 6 rings (SSSR count). The van der Waals surface area contributed by atoms with Crippen molar-refractivity contribution in [1.29, 1.82) is 0 Å². The van der Waals surface area contributed by atoms with Gasteiger partial charge in [0.1, 0.15) is 5.75 Å². The predicted molar refractivity (Wildman–Crippen MR) is 223 cm³/mol. The number of halogens is 3. The lowest BCUT2D eigenvalue weighted by Gasteiger charge is -2.44. The number of rotatable bonds is 13. The SMILES string of the molecule is CNc1cc(C(=O)N2CCN(CCN3CCOC(COC)C3)CC2Cc2ccc(C)c(O[Si](c3ccccc3)(c3ccccc3)C(C)(C)C)c2)cc(C(F)(F)F)c1. The third kappa shape index (κ3) is 9.92. The Morgan fingerprint density at radius 3 is 2.11 bits per heavy atom. The molecule has 2 aliphatic rings. The number of piperazine rings is 1. The molecule has 0 saturated carbocycles. The van der Waals surface area contributed by atoms with Crippen LogP contribution in [0.3, 0.4) is 0 Å². The summed E-state index contributed by atoms with van der Waals surface area (Å²) in [5.41, 5.74) is 1.40. The van der Waals surface area contributed by atoms with Gasteiger partial charge < -0.3 is 24.1 Å². The van der Waals surface area contributed by atoms with E-state index < -0.39 is 26.0 Å². The van der Waals surface area contributed by atoms with Crippen molar-refractivity contribution in [1.82, 2.24) is 14.7 Å². The average molecular weight is 803 g/mol. The van der Waals surface area contributed by atoms with Crippen LogP contribution in [0.2, 0.25) is 5.04 Å². The van der Waals surface area contributed by atoms with E-state index in [1.54, 1.807) is 19.1 Å². The number of amides is 1. The van der Waals surface area contributed by atoms with Crippen LogP contribution in [-0.2, 0) is 22.1 Å². The second-order valence-corrected chi connectivity index (χ2v) is 20.5. The van der Waals surface area contributed by atoms with E-state index in [1.807, 2.05) is 12.1 Å². The van der Waals surface area contributed by atoms with Crippen LogP contribution in [0.15, 0.2) is 97.1 Å². The number of alkyl halides is 3. The first-order chi connectivity index (χ1) is 27.2. The topological polar surface area (TPSA) is 66.5 Å². The molecule has 8 nitrogen and oxygen atoms in total. The summed E-state index contributed by atoms with van der Waals surface area (Å²) < 4.78 is 60.7. The van der Waals surface area contributed by atoms with Gasteiger partial charge in [0.05, 0.1) is 24.9 Å². The van der Waals surface area contributed by atoms with Crippen LogP contribution in [0.4, 0.5) is 18.9 Å². The zero-order valence-corrected chi connectivity index (χ0v) is 35.1. The van der Waals surface area contributed by atoms with Crippen molar-refractivity contribution in [3.05, 3.63) is 119 Å². The van der Waals surface area contributed by atoms with Crippen LogP contribution in [0.5, 0.6) is 5.75 Å². The fraction of sp³-hybridized carbons (Fsp3) is 0.444. The van der Waals surface area contributed by atoms with E-state index in [-0.39, 0.29) is 28.4 Å². The van der Waals surface area contributed by atoms with Gasteiger partial charge in [-0.05, 0) is 64.1 Å². The number of carbonyl (C=O) groups is 1. The Morgan fingerprint density at radius 2 is 1.51 bits per heavy atom. The van der Waals surface area contributed by atoms with Crippen molar-refractivity contribution < 1.29 is 31.9 Å². The second kappa shape index (κ2) is 18.2. The summed E-state index contributed by atoms with van der Waals surface area (Å²) >= 11 is 0. The van der Waals surface area contributed by atoms with E-state index in [4.69, 9.17) is 13.9 Å². The lowest BCUT2D eigenvalue weighted by Crippen LogP contribution is -2.68. The molecule has 2 heterocycles. The van der Waals surface area contributed by atoms with Crippen molar-refractivity contribution >= 4 is 30.3 Å². The first kappa shape index (κ1) is 42.4. The molecule has 0 aliphatic carbocycles. The number of anilines is 1. The van der Waals surface area contributed by atoms with E-state index in [9.17, 15) is 18.0 Å². The van der Waals surface area contributed by atoms with Gasteiger partial charge in [0.15, 0.2) is 0 Å². The second-order valence-electron chi connectivity index (χ2n) is 16.3. The molecular formula is C45H57F3N4O4Si. The Bertz CT molecular complexity index is 1900. The van der Waals surface area contributed by atoms with Gasteiger partial charge in [0.25, 0.3) is 5.91 Å². The van der Waals surface area contributed by atoms with Crippen molar-refractivity contribution in [2.24, 2.45) is 0 Å². The highest BCUT2D eigenvalue weighted by Crippen LogP contribution is 2.39. The molecule has 2 saturated heterocycles. The standard InChI is InChI=1S/C45H57F3N4O4Si/c1-33-17-18-34(26-42(33)56-57(44(2,3)4,40-13-9-7-10-14-40)41-15-11-8-12-16-41)25-38-30-50(19-20-51-23-24-55-39(31-51)32-54-6)21-22-52(38)43(53)35-27-36(45(46,47)48)29-37(28-35)49-5/h7-18,26-29,38-39,49H,19-25,30-32H2,1-6H3. The molecule has 2 aliphatic heterocycles. The lowest BCUT2D eigenvalue weighted by molar-refractivity contribution is -0.137. The number of methoxy groups -OCH3 is 1. The summed E-state index contributed by atoms with van der Waals surface area (Å²) in [4.78, 5) is 20.9. The molecule has 1 amide bonds. The molecule has 2 unspecified atom stereocenters. The number of ether oxygens (including phenoxy) is 2. The summed E-state index contributed by atoms with van der Waals surface area (Å²) in [5.74, 6) is 0.385. The Morgan fingerprint density at radius 1 is 0.860 bits per heavy atom. The van der Waals surface area contributed by atoms with Crippen LogP contribution in [0, 0.1) is 6.92 Å². The Balaban J connectivity index is 1.32. The fourth-order valence-corrected chi connectivity index (χ4v) is 12.8. The molecule has 2 fully saturated rings. The molecule has 57 heavy (non-hydrogen) atoms. The number of benzene rings is 4. The summed E-state index contributed by atoms with van der Waals surface area (Å²) in [7, 11) is 0.295. The van der Waals surface area contributed by atoms with Crippen molar-refractivity contribution in [2.75, 3.05) is 78.5 Å². The molecule has 2 atom stereocenters. The van der Waals surface area contributed by atoms with Crippen molar-refractivity contribution in [3.8, 4) is 5.75 Å². The van der Waals surface area contributed by atoms with Gasteiger partial charge in [-0.25, -0.2) is 0 Å². The summed E-state index contributed by atoms with van der Waals surface area (Å²) in [6.45, 7) is 14.8. The number of hydrogen-bond donors (Lipinski definition) is 1. The average Bonchev–Trinajstić information content (AvgIpc) is 3.20. The van der Waals surface area contributed by atoms with Gasteiger partial charge in [0.2, 0.25) is 0 Å². The molecular weight excluding hydrogens is 746 g/mol. The summed E-state index contributed by atoms with van der Waals surface area (Å²) in [6.07, 6.45) is -4.06. The van der Waals surface area contributed by atoms with E-state index in [0.29, 0.717) is 39.3 Å². The zero-order valence-electron chi connectivity index (χ0n) is 34.1. The molecule has 0 aromatic heterocycles. The maximum absolute atomic E-state index is 14.3. The highest BCUT2D eigenvalue weighted by molar-refractivity contribution is 7.00. The highest BCUT2D eigenvalue weighted by Gasteiger charge is 2.52. The highest BCUT2D eigenvalue weighted by atomic mass is 28.4. The van der Waals surface area contributed by atoms with Gasteiger partial charge >= 0.3 is 14.5 Å². The number of hydrogen-bond acceptors (Lipinski definition) is 7. The van der Waals surface area contributed by atoms with E-state index in [1.165, 1.54) is 16.4 Å². The van der Waals surface area contributed by atoms with Crippen LogP contribution < -0.4 is 20.1 Å². The third-order valence-electron chi connectivity index (χ3n) is 11.3. The third-order valence-corrected chi connectivity index (χ3v) is 16.3. The minimum Gasteiger partial charge on any atom is -0.534 e. The molecule has 0 spiro atoms. The number of nitrogens with zero attached hydrogens (tertiary/aromatic N) is 3. The Kier molecular flexibility index (Phi) is 13.5. The summed E-state index contributed by atoms with van der Waals surface area (Å²) in [6, 6.07) is 30.5. The van der Waals surface area contributed by atoms with Crippen molar-refractivity contribution in [2.45, 2.75) is 57.5 Å². The Labute approximate surface area is 337 Å². The molecule has 306 valence electrons. The smallest absolute Gasteiger partial charge is 0.416 e. The number of carbonyl (C=O) groups excluding carboxylic acids is 1. The first-order valence-electron chi connectivity index (χ1n) is 19.9. The lowest BCUT2D eigenvalue weighted by atomic mass is 9.99. The van der Waals surface area contributed by atoms with Crippen LogP contribution >= 0.6 is 0 Å². The van der Waals surface area contributed by atoms with E-state index >= 15 is 0 Å². The normalized spacial score (nSPS) is 18.7. The number of aryl methyl sites for hydroxylation is 1. The largest absolute Gasteiger partial charge is 0.534 e. The van der Waals surface area contributed by atoms with Gasteiger partial charge in [0, 0.05) is 77.3 Å². The van der Waals surface area contributed by atoms with E-state index in [2.05, 4.69) is 110 Å². The maximum atomic E-state index is 14.3. The molecule has 12 heteroatoms. The van der Waals surface area contributed by atoms with Gasteiger partial charge in [-0.2, -0.15) is 13.2 Å². The fourth-order valence-electron chi connectivity index (χ4n) is 8.31. The van der Waals surface area contributed by atoms with Gasteiger partial charge in [-0.3, -0.25) is 14.6 Å². The van der Waals surface area contributed by atoms with Gasteiger partial charge in [-0.15, -0.1) is 0 Å². The molecule has 0 radical (unpaired) electrons. The first-order valence-corrected chi connectivity index (χ1v) is 21.8. The quantitative estimate of drug-likeness (QED) is 0.151. The maximum Gasteiger partial charge on any atom is 0.416 e. The molecule has 0 bridgehead atoms. The Hall–Kier alpha value is -4.20. The minimum absolute atomic E-state index is 0.0183. The molecule has 4 aromatic carbocycles. The number of nitrogens with one attached hydrogen (secondary N) is 1. The van der Waals surface area contributed by atoms with E-state index in [0.717, 1.165) is 55.2 Å². The minimum atomic E-state index is -4.59. The van der Waals surface area contributed by atoms with Crippen molar-refractivity contribution in [3.63, 3.8) is 0 Å². The van der Waals surface area contributed by atoms with Crippen LogP contribution in [0.1, 0.15) is 47.8 Å². The zero-order chi connectivity index (χ0) is 40.8. The monoisotopic (exact) mass is 802 g/mol.